The maximum atomic E-state index is 11.1. The van der Waals surface area contributed by atoms with Gasteiger partial charge in [0, 0.05) is 13.0 Å². The van der Waals surface area contributed by atoms with Crippen molar-refractivity contribution >= 4 is 5.91 Å². The number of hydrazine groups is 1. The average molecular weight is 290 g/mol. The van der Waals surface area contributed by atoms with Crippen LogP contribution in [0.25, 0.3) is 0 Å². The highest BCUT2D eigenvalue weighted by molar-refractivity contribution is 5.76. The Morgan fingerprint density at radius 2 is 2.05 bits per heavy atom. The molecule has 0 spiro atoms. The lowest BCUT2D eigenvalue weighted by Crippen LogP contribution is -2.44. The van der Waals surface area contributed by atoms with Gasteiger partial charge in [-0.25, -0.2) is 5.43 Å². The molecule has 1 aromatic rings. The van der Waals surface area contributed by atoms with Gasteiger partial charge in [0.15, 0.2) is 6.29 Å². The summed E-state index contributed by atoms with van der Waals surface area (Å²) in [6.45, 7) is 1.39. The van der Waals surface area contributed by atoms with E-state index in [9.17, 15) is 4.79 Å². The second-order valence-electron chi connectivity index (χ2n) is 5.63. The van der Waals surface area contributed by atoms with Gasteiger partial charge in [-0.05, 0) is 36.8 Å². The largest absolute Gasteiger partial charge is 0.353 e. The molecule has 2 unspecified atom stereocenters. The first-order valence-corrected chi connectivity index (χ1v) is 7.68. The number of benzene rings is 1. The van der Waals surface area contributed by atoms with Crippen molar-refractivity contribution in [1.82, 2.24) is 10.9 Å². The summed E-state index contributed by atoms with van der Waals surface area (Å²) in [5.41, 5.74) is 8.05. The zero-order valence-electron chi connectivity index (χ0n) is 12.1. The molecule has 2 aliphatic rings. The van der Waals surface area contributed by atoms with Crippen LogP contribution < -0.4 is 10.9 Å². The minimum absolute atomic E-state index is 0.0475. The third-order valence-corrected chi connectivity index (χ3v) is 4.00. The Morgan fingerprint density at radius 1 is 1.19 bits per heavy atom. The summed E-state index contributed by atoms with van der Waals surface area (Å²) in [4.78, 5) is 11.1. The van der Waals surface area contributed by atoms with Crippen LogP contribution in [0.3, 0.4) is 0 Å². The van der Waals surface area contributed by atoms with Crippen LogP contribution in [0.5, 0.6) is 0 Å². The molecule has 2 fully saturated rings. The molecule has 2 saturated heterocycles. The number of nitrogens with one attached hydrogen (secondary N) is 2. The molecule has 0 radical (unpaired) electrons. The fraction of sp³-hybridized carbons (Fsp3) is 0.562. The molecule has 3 rings (SSSR count). The van der Waals surface area contributed by atoms with E-state index in [4.69, 9.17) is 9.47 Å². The van der Waals surface area contributed by atoms with Crippen molar-refractivity contribution in [3.63, 3.8) is 0 Å². The van der Waals surface area contributed by atoms with Gasteiger partial charge in [0.1, 0.15) is 0 Å². The predicted molar refractivity (Wildman–Crippen MR) is 78.1 cm³/mol. The molecule has 2 aliphatic heterocycles. The van der Waals surface area contributed by atoms with E-state index in [1.165, 1.54) is 12.0 Å². The first-order valence-electron chi connectivity index (χ1n) is 7.68. The van der Waals surface area contributed by atoms with Crippen molar-refractivity contribution in [3.8, 4) is 0 Å². The van der Waals surface area contributed by atoms with Gasteiger partial charge in [-0.1, -0.05) is 24.3 Å². The maximum absolute atomic E-state index is 11.1. The molecule has 0 aliphatic carbocycles. The minimum atomic E-state index is -0.0475. The minimum Gasteiger partial charge on any atom is -0.353 e. The van der Waals surface area contributed by atoms with E-state index in [-0.39, 0.29) is 18.2 Å². The Morgan fingerprint density at radius 3 is 2.71 bits per heavy atom. The Hall–Kier alpha value is -1.43. The van der Waals surface area contributed by atoms with E-state index in [0.29, 0.717) is 13.0 Å². The number of ether oxygens (including phenoxy) is 2. The first kappa shape index (κ1) is 14.5. The summed E-state index contributed by atoms with van der Waals surface area (Å²) in [6, 6.07) is 8.54. The molecule has 0 bridgehead atoms. The molecular weight excluding hydrogens is 268 g/mol. The molecule has 2 atom stereocenters. The van der Waals surface area contributed by atoms with Gasteiger partial charge in [-0.3, -0.25) is 10.2 Å². The van der Waals surface area contributed by atoms with Crippen LogP contribution in [0.1, 0.15) is 49.3 Å². The topological polar surface area (TPSA) is 59.6 Å². The van der Waals surface area contributed by atoms with Gasteiger partial charge in [0.25, 0.3) is 0 Å². The fourth-order valence-corrected chi connectivity index (χ4v) is 2.71. The van der Waals surface area contributed by atoms with Crippen LogP contribution in [0.4, 0.5) is 0 Å². The standard InChI is InChI=1S/C16H22N2O3/c19-15-9-8-14(17-18-15)13-6-4-12(5-7-13)11-21-16-3-1-2-10-20-16/h4-7,14,16-17H,1-3,8-11H2,(H,18,19). The second kappa shape index (κ2) is 7.02. The highest BCUT2D eigenvalue weighted by Gasteiger charge is 2.19. The third kappa shape index (κ3) is 4.03. The molecule has 1 aromatic carbocycles. The van der Waals surface area contributed by atoms with Crippen molar-refractivity contribution in [2.75, 3.05) is 6.61 Å². The van der Waals surface area contributed by atoms with Gasteiger partial charge >= 0.3 is 0 Å². The molecular formula is C16H22N2O3. The summed E-state index contributed by atoms with van der Waals surface area (Å²) in [5, 5.41) is 0. The highest BCUT2D eigenvalue weighted by atomic mass is 16.7. The summed E-state index contributed by atoms with van der Waals surface area (Å²) in [6.07, 6.45) is 4.67. The van der Waals surface area contributed by atoms with Crippen molar-refractivity contribution in [2.24, 2.45) is 0 Å². The molecule has 0 saturated carbocycles. The van der Waals surface area contributed by atoms with Crippen LogP contribution >= 0.6 is 0 Å². The molecule has 1 amide bonds. The Bertz CT molecular complexity index is 459. The normalized spacial score (nSPS) is 26.4. The fourth-order valence-electron chi connectivity index (χ4n) is 2.71. The van der Waals surface area contributed by atoms with Crippen LogP contribution in [-0.2, 0) is 20.9 Å². The summed E-state index contributed by atoms with van der Waals surface area (Å²) in [5.74, 6) is 0.0590. The second-order valence-corrected chi connectivity index (χ2v) is 5.63. The van der Waals surface area contributed by atoms with Crippen molar-refractivity contribution in [2.45, 2.75) is 51.0 Å². The van der Waals surface area contributed by atoms with Gasteiger partial charge < -0.3 is 9.47 Å². The SMILES string of the molecule is O=C1CCC(c2ccc(COC3CCCCO3)cc2)NN1. The Kier molecular flexibility index (Phi) is 4.85. The van der Waals surface area contributed by atoms with Crippen molar-refractivity contribution < 1.29 is 14.3 Å². The molecule has 0 aromatic heterocycles. The van der Waals surface area contributed by atoms with Gasteiger partial charge in [-0.15, -0.1) is 0 Å². The third-order valence-electron chi connectivity index (χ3n) is 4.00. The van der Waals surface area contributed by atoms with Crippen molar-refractivity contribution in [3.05, 3.63) is 35.4 Å². The van der Waals surface area contributed by atoms with Crippen LogP contribution in [0.2, 0.25) is 0 Å². The molecule has 2 heterocycles. The Balaban J connectivity index is 1.50. The van der Waals surface area contributed by atoms with Crippen LogP contribution in [0.15, 0.2) is 24.3 Å². The number of amides is 1. The number of hydrogen-bond acceptors (Lipinski definition) is 4. The number of rotatable bonds is 4. The smallest absolute Gasteiger partial charge is 0.234 e. The molecule has 114 valence electrons. The lowest BCUT2D eigenvalue weighted by Gasteiger charge is -2.24. The summed E-state index contributed by atoms with van der Waals surface area (Å²) < 4.78 is 11.3. The van der Waals surface area contributed by atoms with E-state index in [1.807, 2.05) is 0 Å². The summed E-state index contributed by atoms with van der Waals surface area (Å²) in [7, 11) is 0. The first-order chi connectivity index (χ1) is 10.3. The number of carbonyl (C=O) groups excluding carboxylic acids is 1. The average Bonchev–Trinajstić information content (AvgIpc) is 2.55. The number of carbonyl (C=O) groups is 1. The highest BCUT2D eigenvalue weighted by Crippen LogP contribution is 2.21. The van der Waals surface area contributed by atoms with Gasteiger partial charge in [0.2, 0.25) is 5.91 Å². The monoisotopic (exact) mass is 290 g/mol. The van der Waals surface area contributed by atoms with Gasteiger partial charge in [-0.2, -0.15) is 0 Å². The zero-order valence-corrected chi connectivity index (χ0v) is 12.1. The van der Waals surface area contributed by atoms with E-state index in [0.717, 1.165) is 31.4 Å². The van der Waals surface area contributed by atoms with Crippen molar-refractivity contribution in [1.29, 1.82) is 0 Å². The number of hydrogen-bond donors (Lipinski definition) is 2. The van der Waals surface area contributed by atoms with E-state index < -0.39 is 0 Å². The van der Waals surface area contributed by atoms with Crippen LogP contribution in [0, 0.1) is 0 Å². The maximum Gasteiger partial charge on any atom is 0.234 e. The molecule has 5 nitrogen and oxygen atoms in total. The lowest BCUT2D eigenvalue weighted by atomic mass is 10.00. The van der Waals surface area contributed by atoms with Gasteiger partial charge in [0.05, 0.1) is 12.6 Å². The Labute approximate surface area is 125 Å². The summed E-state index contributed by atoms with van der Waals surface area (Å²) >= 11 is 0. The molecule has 2 N–H and O–H groups in total. The van der Waals surface area contributed by atoms with E-state index in [1.54, 1.807) is 0 Å². The zero-order chi connectivity index (χ0) is 14.5. The quantitative estimate of drug-likeness (QED) is 0.892. The molecule has 21 heavy (non-hydrogen) atoms. The van der Waals surface area contributed by atoms with E-state index >= 15 is 0 Å². The van der Waals surface area contributed by atoms with E-state index in [2.05, 4.69) is 35.1 Å². The molecule has 5 heteroatoms. The predicted octanol–water partition coefficient (Wildman–Crippen LogP) is 2.19. The lowest BCUT2D eigenvalue weighted by molar-refractivity contribution is -0.168. The van der Waals surface area contributed by atoms with Crippen LogP contribution in [-0.4, -0.2) is 18.8 Å².